The molecule has 0 unspecified atom stereocenters. The van der Waals surface area contributed by atoms with E-state index >= 15 is 0 Å². The quantitative estimate of drug-likeness (QED) is 0.547. The number of benzene rings is 2. The number of aromatic nitrogens is 3. The van der Waals surface area contributed by atoms with E-state index in [1.165, 1.54) is 4.57 Å². The van der Waals surface area contributed by atoms with Crippen LogP contribution in [0.1, 0.15) is 11.7 Å². The van der Waals surface area contributed by atoms with Crippen molar-refractivity contribution in [2.45, 2.75) is 12.6 Å². The van der Waals surface area contributed by atoms with Crippen molar-refractivity contribution in [3.05, 3.63) is 82.9 Å². The topological polar surface area (TPSA) is 78.0 Å². The molecule has 2 heterocycles. The minimum absolute atomic E-state index is 0.131. The van der Waals surface area contributed by atoms with Crippen molar-refractivity contribution in [1.82, 2.24) is 14.2 Å². The highest BCUT2D eigenvalue weighted by molar-refractivity contribution is 5.66. The maximum atomic E-state index is 12.9. The Labute approximate surface area is 167 Å². The molecule has 29 heavy (non-hydrogen) atoms. The number of nitrogens with zero attached hydrogens (tertiary/aromatic N) is 3. The van der Waals surface area contributed by atoms with Gasteiger partial charge in [-0.1, -0.05) is 12.1 Å². The summed E-state index contributed by atoms with van der Waals surface area (Å²) in [5.41, 5.74) is 2.48. The summed E-state index contributed by atoms with van der Waals surface area (Å²) in [6.45, 7) is 0.131. The van der Waals surface area contributed by atoms with E-state index in [9.17, 15) is 9.90 Å². The van der Waals surface area contributed by atoms with Crippen LogP contribution in [0.4, 0.5) is 0 Å². The Kier molecular flexibility index (Phi) is 5.05. The third-order valence-corrected chi connectivity index (χ3v) is 4.84. The van der Waals surface area contributed by atoms with E-state index in [2.05, 4.69) is 5.10 Å². The number of methoxy groups -OCH3 is 2. The maximum Gasteiger partial charge on any atom is 0.276 e. The van der Waals surface area contributed by atoms with Crippen LogP contribution in [0.25, 0.3) is 16.8 Å². The van der Waals surface area contributed by atoms with Crippen molar-refractivity contribution in [1.29, 1.82) is 0 Å². The molecule has 2 aromatic heterocycles. The highest BCUT2D eigenvalue weighted by Gasteiger charge is 2.14. The average Bonchev–Trinajstić information content (AvgIpc) is 3.21. The summed E-state index contributed by atoms with van der Waals surface area (Å²) in [5, 5.41) is 15.1. The van der Waals surface area contributed by atoms with Crippen molar-refractivity contribution >= 4 is 5.52 Å². The lowest BCUT2D eigenvalue weighted by molar-refractivity contribution is 0.155. The van der Waals surface area contributed by atoms with E-state index in [4.69, 9.17) is 9.47 Å². The van der Waals surface area contributed by atoms with Crippen LogP contribution in [0.2, 0.25) is 0 Å². The van der Waals surface area contributed by atoms with Gasteiger partial charge in [-0.05, 0) is 48.0 Å². The third kappa shape index (κ3) is 3.72. The molecule has 7 heteroatoms. The number of ether oxygens (including phenoxy) is 2. The molecule has 0 saturated carbocycles. The number of hydrogen-bond acceptors (Lipinski definition) is 5. The molecule has 0 fully saturated rings. The fraction of sp³-hybridized carbons (Fsp3) is 0.182. The fourth-order valence-corrected chi connectivity index (χ4v) is 3.21. The van der Waals surface area contributed by atoms with Crippen LogP contribution in [0.15, 0.2) is 71.8 Å². The van der Waals surface area contributed by atoms with Crippen molar-refractivity contribution in [2.24, 2.45) is 0 Å². The summed E-state index contributed by atoms with van der Waals surface area (Å²) in [7, 11) is 3.19. The van der Waals surface area contributed by atoms with Crippen LogP contribution >= 0.6 is 0 Å². The highest BCUT2D eigenvalue weighted by atomic mass is 16.5. The minimum Gasteiger partial charge on any atom is -0.497 e. The molecular formula is C22H21N3O4. The monoisotopic (exact) mass is 391 g/mol. The Morgan fingerprint density at radius 2 is 1.76 bits per heavy atom. The summed E-state index contributed by atoms with van der Waals surface area (Å²) < 4.78 is 13.4. The van der Waals surface area contributed by atoms with Crippen LogP contribution in [0.5, 0.6) is 11.5 Å². The van der Waals surface area contributed by atoms with E-state index in [-0.39, 0.29) is 12.1 Å². The van der Waals surface area contributed by atoms with Crippen molar-refractivity contribution < 1.29 is 14.6 Å². The van der Waals surface area contributed by atoms with Crippen LogP contribution in [0.3, 0.4) is 0 Å². The molecule has 1 N–H and O–H groups in total. The van der Waals surface area contributed by atoms with E-state index < -0.39 is 6.10 Å². The Hall–Kier alpha value is -3.58. The number of fused-ring (bicyclic) bond motifs is 1. The molecule has 0 bridgehead atoms. The zero-order chi connectivity index (χ0) is 20.4. The lowest BCUT2D eigenvalue weighted by Gasteiger charge is -2.14. The van der Waals surface area contributed by atoms with Gasteiger partial charge in [0.15, 0.2) is 0 Å². The first-order chi connectivity index (χ1) is 14.1. The first-order valence-corrected chi connectivity index (χ1v) is 9.14. The Balaban J connectivity index is 1.64. The zero-order valence-corrected chi connectivity index (χ0v) is 16.1. The molecule has 148 valence electrons. The van der Waals surface area contributed by atoms with Gasteiger partial charge in [-0.25, -0.2) is 4.52 Å². The van der Waals surface area contributed by atoms with E-state index in [0.29, 0.717) is 22.5 Å². The van der Waals surface area contributed by atoms with Crippen molar-refractivity contribution in [3.8, 4) is 22.8 Å². The first kappa shape index (κ1) is 18.8. The Morgan fingerprint density at radius 1 is 1.00 bits per heavy atom. The van der Waals surface area contributed by atoms with Gasteiger partial charge >= 0.3 is 0 Å². The maximum absolute atomic E-state index is 12.9. The van der Waals surface area contributed by atoms with E-state index in [1.54, 1.807) is 61.5 Å². The lowest BCUT2D eigenvalue weighted by atomic mass is 10.1. The Bertz CT molecular complexity index is 1190. The van der Waals surface area contributed by atoms with Gasteiger partial charge in [0, 0.05) is 18.0 Å². The van der Waals surface area contributed by atoms with Gasteiger partial charge in [0.1, 0.15) is 17.0 Å². The SMILES string of the molecule is COc1ccc(-c2cc3c(=O)n(C[C@H](O)c4cccc(OC)c4)ccn3n2)cc1. The normalized spacial score (nSPS) is 12.1. The molecule has 0 aliphatic carbocycles. The Morgan fingerprint density at radius 3 is 2.48 bits per heavy atom. The molecule has 0 saturated heterocycles. The minimum atomic E-state index is -0.839. The fourth-order valence-electron chi connectivity index (χ4n) is 3.21. The number of aliphatic hydroxyl groups excluding tert-OH is 1. The molecule has 0 aliphatic heterocycles. The smallest absolute Gasteiger partial charge is 0.276 e. The molecule has 1 atom stereocenters. The lowest BCUT2D eigenvalue weighted by Crippen LogP contribution is -2.24. The largest absolute Gasteiger partial charge is 0.497 e. The summed E-state index contributed by atoms with van der Waals surface area (Å²) in [4.78, 5) is 12.9. The van der Waals surface area contributed by atoms with Gasteiger partial charge in [-0.15, -0.1) is 0 Å². The molecule has 4 aromatic rings. The predicted octanol–water partition coefficient (Wildman–Crippen LogP) is 2.91. The van der Waals surface area contributed by atoms with E-state index in [1.807, 2.05) is 24.3 Å². The van der Waals surface area contributed by atoms with Gasteiger partial charge in [-0.3, -0.25) is 4.79 Å². The zero-order valence-electron chi connectivity index (χ0n) is 16.1. The second-order valence-corrected chi connectivity index (χ2v) is 6.64. The summed E-state index contributed by atoms with van der Waals surface area (Å²) in [6.07, 6.45) is 2.50. The van der Waals surface area contributed by atoms with Gasteiger partial charge in [0.25, 0.3) is 5.56 Å². The molecule has 0 amide bonds. The van der Waals surface area contributed by atoms with Crippen LogP contribution < -0.4 is 15.0 Å². The van der Waals surface area contributed by atoms with Crippen molar-refractivity contribution in [3.63, 3.8) is 0 Å². The van der Waals surface area contributed by atoms with Crippen LogP contribution in [-0.2, 0) is 6.54 Å². The molecule has 7 nitrogen and oxygen atoms in total. The molecule has 0 aliphatic rings. The summed E-state index contributed by atoms with van der Waals surface area (Å²) in [5.74, 6) is 1.41. The number of aliphatic hydroxyl groups is 1. The van der Waals surface area contributed by atoms with Gasteiger partial charge < -0.3 is 19.1 Å². The number of rotatable bonds is 6. The predicted molar refractivity (Wildman–Crippen MR) is 109 cm³/mol. The van der Waals surface area contributed by atoms with Crippen LogP contribution in [0, 0.1) is 0 Å². The van der Waals surface area contributed by atoms with Crippen molar-refractivity contribution in [2.75, 3.05) is 14.2 Å². The second kappa shape index (κ2) is 7.81. The summed E-state index contributed by atoms with van der Waals surface area (Å²) in [6, 6.07) is 16.4. The molecular weight excluding hydrogens is 370 g/mol. The molecule has 0 spiro atoms. The van der Waals surface area contributed by atoms with E-state index in [0.717, 1.165) is 11.3 Å². The van der Waals surface area contributed by atoms with Gasteiger partial charge in [0.2, 0.25) is 0 Å². The average molecular weight is 391 g/mol. The second-order valence-electron chi connectivity index (χ2n) is 6.64. The number of hydrogen-bond donors (Lipinski definition) is 1. The molecule has 4 rings (SSSR count). The summed E-state index contributed by atoms with van der Waals surface area (Å²) >= 11 is 0. The van der Waals surface area contributed by atoms with Crippen LogP contribution in [-0.4, -0.2) is 33.5 Å². The standard InChI is InChI=1S/C22H21N3O4/c1-28-17-8-6-15(7-9-17)19-13-20-22(27)24(10-11-25(20)23-19)14-21(26)16-4-3-5-18(12-16)29-2/h3-13,21,26H,14H2,1-2H3/t21-/m0/s1. The van der Waals surface area contributed by atoms with Gasteiger partial charge in [0.05, 0.1) is 32.6 Å². The first-order valence-electron chi connectivity index (χ1n) is 9.14. The van der Waals surface area contributed by atoms with Gasteiger partial charge in [-0.2, -0.15) is 5.10 Å². The third-order valence-electron chi connectivity index (χ3n) is 4.84. The molecule has 2 aromatic carbocycles. The highest BCUT2D eigenvalue weighted by Crippen LogP contribution is 2.22. The molecule has 0 radical (unpaired) electrons.